The number of aromatic nitrogens is 2. The molecule has 1 aromatic carbocycles. The molecular formula is C18H15Cl2N3O4. The number of ether oxygens (including phenoxy) is 2. The molecule has 0 aliphatic heterocycles. The highest BCUT2D eigenvalue weighted by atomic mass is 35.5. The topological polar surface area (TPSA) is 81.9 Å². The van der Waals surface area contributed by atoms with Gasteiger partial charge in [0.25, 0.3) is 5.91 Å². The monoisotopic (exact) mass is 407 g/mol. The second kappa shape index (κ2) is 8.28. The van der Waals surface area contributed by atoms with Gasteiger partial charge in [-0.05, 0) is 37.3 Å². The molecule has 0 aliphatic carbocycles. The van der Waals surface area contributed by atoms with Crippen molar-refractivity contribution >= 4 is 46.5 Å². The van der Waals surface area contributed by atoms with Crippen LogP contribution < -0.4 is 10.1 Å². The van der Waals surface area contributed by atoms with Crippen LogP contribution in [0.4, 0.5) is 5.82 Å². The lowest BCUT2D eigenvalue weighted by molar-refractivity contribution is -0.118. The number of anilines is 1. The number of halogens is 2. The van der Waals surface area contributed by atoms with E-state index in [4.69, 9.17) is 32.7 Å². The molecule has 0 spiro atoms. The van der Waals surface area contributed by atoms with Crippen molar-refractivity contribution in [2.75, 3.05) is 18.5 Å². The van der Waals surface area contributed by atoms with Crippen molar-refractivity contribution in [1.82, 2.24) is 9.38 Å². The van der Waals surface area contributed by atoms with E-state index in [2.05, 4.69) is 10.3 Å². The normalized spacial score (nSPS) is 10.6. The van der Waals surface area contributed by atoms with E-state index in [1.54, 1.807) is 47.9 Å². The summed E-state index contributed by atoms with van der Waals surface area (Å²) in [7, 11) is 0. The van der Waals surface area contributed by atoms with Crippen molar-refractivity contribution in [2.45, 2.75) is 6.92 Å². The van der Waals surface area contributed by atoms with Crippen molar-refractivity contribution in [3.63, 3.8) is 0 Å². The van der Waals surface area contributed by atoms with Crippen molar-refractivity contribution in [3.8, 4) is 5.75 Å². The minimum absolute atomic E-state index is 0.0147. The first-order valence-corrected chi connectivity index (χ1v) is 8.77. The van der Waals surface area contributed by atoms with Crippen LogP contribution in [0.1, 0.15) is 17.4 Å². The largest absolute Gasteiger partial charge is 0.482 e. The molecule has 0 saturated heterocycles. The summed E-state index contributed by atoms with van der Waals surface area (Å²) in [4.78, 5) is 28.7. The molecule has 0 saturated carbocycles. The zero-order valence-corrected chi connectivity index (χ0v) is 15.8. The van der Waals surface area contributed by atoms with E-state index in [0.717, 1.165) is 0 Å². The molecule has 1 amide bonds. The molecule has 1 N–H and O–H groups in total. The highest BCUT2D eigenvalue weighted by Gasteiger charge is 2.22. The van der Waals surface area contributed by atoms with Gasteiger partial charge in [0.05, 0.1) is 11.6 Å². The molecular weight excluding hydrogens is 393 g/mol. The van der Waals surface area contributed by atoms with E-state index in [1.165, 1.54) is 6.07 Å². The fourth-order valence-corrected chi connectivity index (χ4v) is 2.82. The molecule has 0 atom stereocenters. The third-order valence-electron chi connectivity index (χ3n) is 3.51. The quantitative estimate of drug-likeness (QED) is 0.627. The number of fused-ring (bicyclic) bond motifs is 1. The molecule has 9 heteroatoms. The van der Waals surface area contributed by atoms with Gasteiger partial charge in [0.15, 0.2) is 18.1 Å². The standard InChI is InChI=1S/C18H15Cl2N3O4/c1-2-26-18(25)16-17(23-8-4-3-5-14(23)21-16)22-15(24)10-27-13-7-6-11(19)9-12(13)20/h3-9H,2,10H2,1H3,(H,22,24). The van der Waals surface area contributed by atoms with Crippen molar-refractivity contribution in [2.24, 2.45) is 0 Å². The predicted octanol–water partition coefficient (Wildman–Crippen LogP) is 3.84. The van der Waals surface area contributed by atoms with E-state index in [-0.39, 0.29) is 29.7 Å². The van der Waals surface area contributed by atoms with E-state index in [0.29, 0.717) is 16.4 Å². The van der Waals surface area contributed by atoms with Crippen molar-refractivity contribution < 1.29 is 19.1 Å². The number of nitrogens with zero attached hydrogens (tertiary/aromatic N) is 2. The first-order chi connectivity index (χ1) is 13.0. The van der Waals surface area contributed by atoms with E-state index in [9.17, 15) is 9.59 Å². The van der Waals surface area contributed by atoms with E-state index >= 15 is 0 Å². The van der Waals surface area contributed by atoms with Gasteiger partial charge in [-0.25, -0.2) is 9.78 Å². The molecule has 0 unspecified atom stereocenters. The number of imidazole rings is 1. The molecule has 0 aliphatic rings. The summed E-state index contributed by atoms with van der Waals surface area (Å²) in [6, 6.07) is 9.92. The number of carbonyl (C=O) groups excluding carboxylic acids is 2. The molecule has 140 valence electrons. The zero-order valence-electron chi connectivity index (χ0n) is 14.2. The highest BCUT2D eigenvalue weighted by molar-refractivity contribution is 6.35. The Morgan fingerprint density at radius 1 is 1.22 bits per heavy atom. The minimum Gasteiger partial charge on any atom is -0.482 e. The first kappa shape index (κ1) is 19.0. The second-order valence-corrected chi connectivity index (χ2v) is 6.21. The van der Waals surface area contributed by atoms with Gasteiger partial charge in [-0.15, -0.1) is 0 Å². The van der Waals surface area contributed by atoms with Crippen LogP contribution in [0.2, 0.25) is 10.0 Å². The molecule has 0 fully saturated rings. The number of nitrogens with one attached hydrogen (secondary N) is 1. The molecule has 0 bridgehead atoms. The molecule has 27 heavy (non-hydrogen) atoms. The first-order valence-electron chi connectivity index (χ1n) is 8.01. The van der Waals surface area contributed by atoms with E-state index < -0.39 is 11.9 Å². The van der Waals surface area contributed by atoms with Gasteiger partial charge in [0.2, 0.25) is 0 Å². The summed E-state index contributed by atoms with van der Waals surface area (Å²) in [5.41, 5.74) is 0.512. The lowest BCUT2D eigenvalue weighted by Crippen LogP contribution is -2.22. The van der Waals surface area contributed by atoms with Crippen molar-refractivity contribution in [1.29, 1.82) is 0 Å². The summed E-state index contributed by atoms with van der Waals surface area (Å²) < 4.78 is 12.0. The van der Waals surface area contributed by atoms with Gasteiger partial charge in [-0.3, -0.25) is 9.20 Å². The van der Waals surface area contributed by atoms with Gasteiger partial charge < -0.3 is 14.8 Å². The Morgan fingerprint density at radius 3 is 2.78 bits per heavy atom. The van der Waals surface area contributed by atoms with Crippen LogP contribution in [0.5, 0.6) is 5.75 Å². The lowest BCUT2D eigenvalue weighted by Gasteiger charge is -2.10. The number of hydrogen-bond acceptors (Lipinski definition) is 5. The van der Waals surface area contributed by atoms with Gasteiger partial charge >= 0.3 is 5.97 Å². The fraction of sp³-hybridized carbons (Fsp3) is 0.167. The Bertz CT molecular complexity index is 1000. The van der Waals surface area contributed by atoms with Crippen LogP contribution in [0.3, 0.4) is 0 Å². The maximum atomic E-state index is 12.3. The third kappa shape index (κ3) is 4.32. The molecule has 3 rings (SSSR count). The molecule has 0 radical (unpaired) electrons. The summed E-state index contributed by atoms with van der Waals surface area (Å²) in [6.45, 7) is 1.57. The number of amides is 1. The maximum absolute atomic E-state index is 12.3. The van der Waals surface area contributed by atoms with Crippen molar-refractivity contribution in [3.05, 3.63) is 58.3 Å². The molecule has 3 aromatic rings. The van der Waals surface area contributed by atoms with E-state index in [1.807, 2.05) is 0 Å². The fourth-order valence-electron chi connectivity index (χ4n) is 2.36. The Hall–Kier alpha value is -2.77. The predicted molar refractivity (Wildman–Crippen MR) is 102 cm³/mol. The number of carbonyl (C=O) groups is 2. The SMILES string of the molecule is CCOC(=O)c1nc2ccccn2c1NC(=O)COc1ccc(Cl)cc1Cl. The second-order valence-electron chi connectivity index (χ2n) is 5.37. The zero-order chi connectivity index (χ0) is 19.4. The van der Waals surface area contributed by atoms with Gasteiger partial charge in [0, 0.05) is 11.2 Å². The number of pyridine rings is 1. The third-order valence-corrected chi connectivity index (χ3v) is 4.04. The number of esters is 1. The highest BCUT2D eigenvalue weighted by Crippen LogP contribution is 2.27. The van der Waals surface area contributed by atoms with Crippen LogP contribution in [-0.2, 0) is 9.53 Å². The number of rotatable bonds is 6. The van der Waals surface area contributed by atoms with Gasteiger partial charge in [-0.2, -0.15) is 0 Å². The average Bonchev–Trinajstić information content (AvgIpc) is 3.00. The van der Waals surface area contributed by atoms with Crippen LogP contribution in [0.15, 0.2) is 42.6 Å². The summed E-state index contributed by atoms with van der Waals surface area (Å²) in [6.07, 6.45) is 1.68. The summed E-state index contributed by atoms with van der Waals surface area (Å²) in [5.74, 6) is -0.588. The minimum atomic E-state index is -0.627. The van der Waals surface area contributed by atoms with Crippen LogP contribution in [0.25, 0.3) is 5.65 Å². The molecule has 7 nitrogen and oxygen atoms in total. The Kier molecular flexibility index (Phi) is 5.83. The Balaban J connectivity index is 1.79. The van der Waals surface area contributed by atoms with Crippen LogP contribution in [-0.4, -0.2) is 34.5 Å². The van der Waals surface area contributed by atoms with Crippen LogP contribution >= 0.6 is 23.2 Å². The average molecular weight is 408 g/mol. The van der Waals surface area contributed by atoms with Crippen LogP contribution in [0, 0.1) is 0 Å². The number of hydrogen-bond donors (Lipinski definition) is 1. The Labute approximate surface area is 164 Å². The summed E-state index contributed by atoms with van der Waals surface area (Å²) >= 11 is 11.8. The lowest BCUT2D eigenvalue weighted by atomic mass is 10.3. The maximum Gasteiger partial charge on any atom is 0.360 e. The smallest absolute Gasteiger partial charge is 0.360 e. The Morgan fingerprint density at radius 2 is 2.04 bits per heavy atom. The van der Waals surface area contributed by atoms with Gasteiger partial charge in [-0.1, -0.05) is 29.3 Å². The summed E-state index contributed by atoms with van der Waals surface area (Å²) in [5, 5.41) is 3.39. The molecule has 2 aromatic heterocycles. The van der Waals surface area contributed by atoms with Gasteiger partial charge in [0.1, 0.15) is 11.4 Å². The molecule has 2 heterocycles. The number of benzene rings is 1.